The average molecular weight is 247 g/mol. The summed E-state index contributed by atoms with van der Waals surface area (Å²) in [6.45, 7) is 6.10. The Morgan fingerprint density at radius 2 is 2.44 bits per heavy atom. The van der Waals surface area contributed by atoms with Gasteiger partial charge in [0, 0.05) is 25.3 Å². The van der Waals surface area contributed by atoms with E-state index in [0.717, 1.165) is 25.5 Å². The van der Waals surface area contributed by atoms with E-state index in [1.807, 2.05) is 12.3 Å². The van der Waals surface area contributed by atoms with Crippen LogP contribution in [0.3, 0.4) is 0 Å². The normalized spacial score (nSPS) is 28.1. The number of pyridine rings is 1. The van der Waals surface area contributed by atoms with Gasteiger partial charge in [-0.25, -0.2) is 4.98 Å². The van der Waals surface area contributed by atoms with Crippen LogP contribution in [0.2, 0.25) is 0 Å². The van der Waals surface area contributed by atoms with Crippen LogP contribution in [0.1, 0.15) is 18.4 Å². The van der Waals surface area contributed by atoms with Gasteiger partial charge in [0.2, 0.25) is 0 Å². The van der Waals surface area contributed by atoms with Gasteiger partial charge in [-0.1, -0.05) is 6.07 Å². The molecule has 0 amide bonds. The van der Waals surface area contributed by atoms with Gasteiger partial charge in [-0.15, -0.1) is 0 Å². The molecule has 4 heteroatoms. The van der Waals surface area contributed by atoms with Gasteiger partial charge in [0.25, 0.3) is 0 Å². The van der Waals surface area contributed by atoms with Crippen LogP contribution < -0.4 is 5.32 Å². The van der Waals surface area contributed by atoms with Gasteiger partial charge in [-0.2, -0.15) is 0 Å². The Labute approximate surface area is 108 Å². The molecule has 2 aliphatic rings. The van der Waals surface area contributed by atoms with Crippen LogP contribution in [0.25, 0.3) is 0 Å². The van der Waals surface area contributed by atoms with Gasteiger partial charge in [0.05, 0.1) is 12.7 Å². The molecule has 0 radical (unpaired) electrons. The van der Waals surface area contributed by atoms with Gasteiger partial charge in [0.15, 0.2) is 0 Å². The van der Waals surface area contributed by atoms with E-state index in [2.05, 4.69) is 28.2 Å². The summed E-state index contributed by atoms with van der Waals surface area (Å²) >= 11 is 0. The second kappa shape index (κ2) is 5.24. The van der Waals surface area contributed by atoms with Crippen molar-refractivity contribution < 1.29 is 4.74 Å². The maximum atomic E-state index is 5.91. The summed E-state index contributed by atoms with van der Waals surface area (Å²) in [5.41, 5.74) is 1.19. The van der Waals surface area contributed by atoms with E-state index in [0.29, 0.717) is 12.1 Å². The molecule has 2 atom stereocenters. The lowest BCUT2D eigenvalue weighted by molar-refractivity contribution is -0.0416. The number of hydrogen-bond donors (Lipinski definition) is 1. The number of hydrogen-bond acceptors (Lipinski definition) is 4. The predicted octanol–water partition coefficient (Wildman–Crippen LogP) is 1.67. The lowest BCUT2D eigenvalue weighted by Gasteiger charge is -2.35. The molecule has 18 heavy (non-hydrogen) atoms. The number of aromatic nitrogens is 1. The third-order valence-corrected chi connectivity index (χ3v) is 3.88. The predicted molar refractivity (Wildman–Crippen MR) is 71.8 cm³/mol. The van der Waals surface area contributed by atoms with Crippen LogP contribution in [-0.2, 0) is 4.74 Å². The third kappa shape index (κ3) is 2.65. The van der Waals surface area contributed by atoms with Gasteiger partial charge in [0.1, 0.15) is 5.82 Å². The number of morpholine rings is 1. The highest BCUT2D eigenvalue weighted by atomic mass is 16.5. The van der Waals surface area contributed by atoms with Crippen molar-refractivity contribution in [1.82, 2.24) is 9.88 Å². The monoisotopic (exact) mass is 247 g/mol. The molecule has 3 heterocycles. The van der Waals surface area contributed by atoms with Gasteiger partial charge in [-0.05, 0) is 37.9 Å². The Morgan fingerprint density at radius 1 is 1.50 bits per heavy atom. The van der Waals surface area contributed by atoms with E-state index in [9.17, 15) is 0 Å². The van der Waals surface area contributed by atoms with E-state index < -0.39 is 0 Å². The summed E-state index contributed by atoms with van der Waals surface area (Å²) < 4.78 is 5.91. The van der Waals surface area contributed by atoms with Crippen molar-refractivity contribution in [2.24, 2.45) is 0 Å². The molecular weight excluding hydrogens is 226 g/mol. The molecule has 0 saturated carbocycles. The Bertz CT molecular complexity index is 393. The lowest BCUT2D eigenvalue weighted by atomic mass is 10.2. The highest BCUT2D eigenvalue weighted by Gasteiger charge is 2.31. The van der Waals surface area contributed by atoms with Crippen molar-refractivity contribution in [3.63, 3.8) is 0 Å². The zero-order chi connectivity index (χ0) is 12.4. The highest BCUT2D eigenvalue weighted by Crippen LogP contribution is 2.22. The first kappa shape index (κ1) is 11.9. The number of nitrogens with one attached hydrogen (secondary N) is 1. The van der Waals surface area contributed by atoms with E-state index in [1.54, 1.807) is 0 Å². The molecule has 4 nitrogen and oxygen atoms in total. The first-order valence-corrected chi connectivity index (χ1v) is 6.83. The molecule has 1 aromatic heterocycles. The molecule has 0 aromatic carbocycles. The zero-order valence-corrected chi connectivity index (χ0v) is 10.9. The van der Waals surface area contributed by atoms with Crippen molar-refractivity contribution in [1.29, 1.82) is 0 Å². The van der Waals surface area contributed by atoms with Crippen LogP contribution in [-0.4, -0.2) is 48.3 Å². The van der Waals surface area contributed by atoms with Gasteiger partial charge in [-0.3, -0.25) is 4.90 Å². The van der Waals surface area contributed by atoms with Gasteiger partial charge < -0.3 is 10.1 Å². The van der Waals surface area contributed by atoms with E-state index >= 15 is 0 Å². The topological polar surface area (TPSA) is 37.4 Å². The summed E-state index contributed by atoms with van der Waals surface area (Å²) in [6, 6.07) is 4.78. The SMILES string of the molecule is Cc1ccc(NCC2CN3CCCC3CO2)nc1. The summed E-state index contributed by atoms with van der Waals surface area (Å²) in [4.78, 5) is 6.92. The minimum absolute atomic E-state index is 0.294. The molecule has 2 aliphatic heterocycles. The first-order chi connectivity index (χ1) is 8.81. The summed E-state index contributed by atoms with van der Waals surface area (Å²) in [6.07, 6.45) is 4.82. The maximum Gasteiger partial charge on any atom is 0.125 e. The minimum atomic E-state index is 0.294. The molecule has 98 valence electrons. The lowest BCUT2D eigenvalue weighted by Crippen LogP contribution is -2.48. The summed E-state index contributed by atoms with van der Waals surface area (Å²) in [5, 5.41) is 3.36. The Morgan fingerprint density at radius 3 is 3.28 bits per heavy atom. The van der Waals surface area contributed by atoms with Crippen LogP contribution in [0.4, 0.5) is 5.82 Å². The fraction of sp³-hybridized carbons (Fsp3) is 0.643. The van der Waals surface area contributed by atoms with Crippen molar-refractivity contribution in [2.75, 3.05) is 31.6 Å². The third-order valence-electron chi connectivity index (χ3n) is 3.88. The molecule has 0 aliphatic carbocycles. The fourth-order valence-corrected chi connectivity index (χ4v) is 2.80. The smallest absolute Gasteiger partial charge is 0.125 e. The zero-order valence-electron chi connectivity index (χ0n) is 10.9. The van der Waals surface area contributed by atoms with Crippen LogP contribution in [0, 0.1) is 6.92 Å². The van der Waals surface area contributed by atoms with Crippen LogP contribution in [0.15, 0.2) is 18.3 Å². The number of aryl methyl sites for hydroxylation is 1. The average Bonchev–Trinajstić information content (AvgIpc) is 2.85. The summed E-state index contributed by atoms with van der Waals surface area (Å²) in [7, 11) is 0. The van der Waals surface area contributed by atoms with E-state index in [-0.39, 0.29) is 0 Å². The Balaban J connectivity index is 1.50. The number of fused-ring (bicyclic) bond motifs is 1. The maximum absolute atomic E-state index is 5.91. The van der Waals surface area contributed by atoms with Crippen molar-refractivity contribution in [3.8, 4) is 0 Å². The number of rotatable bonds is 3. The molecule has 0 spiro atoms. The van der Waals surface area contributed by atoms with Crippen molar-refractivity contribution in [2.45, 2.75) is 31.9 Å². The number of anilines is 1. The fourth-order valence-electron chi connectivity index (χ4n) is 2.80. The summed E-state index contributed by atoms with van der Waals surface area (Å²) in [5.74, 6) is 0.938. The molecule has 1 N–H and O–H groups in total. The Kier molecular flexibility index (Phi) is 3.48. The van der Waals surface area contributed by atoms with Crippen molar-refractivity contribution in [3.05, 3.63) is 23.9 Å². The molecule has 2 saturated heterocycles. The second-order valence-electron chi connectivity index (χ2n) is 5.35. The quantitative estimate of drug-likeness (QED) is 0.881. The Hall–Kier alpha value is -1.13. The van der Waals surface area contributed by atoms with Crippen LogP contribution >= 0.6 is 0 Å². The van der Waals surface area contributed by atoms with Crippen molar-refractivity contribution >= 4 is 5.82 Å². The standard InChI is InChI=1S/C14H21N3O/c1-11-4-5-14(15-7-11)16-8-13-9-17-6-2-3-12(17)10-18-13/h4-5,7,12-13H,2-3,6,8-10H2,1H3,(H,15,16). The van der Waals surface area contributed by atoms with E-state index in [1.165, 1.54) is 24.9 Å². The molecular formula is C14H21N3O. The first-order valence-electron chi connectivity index (χ1n) is 6.83. The molecule has 1 aromatic rings. The molecule has 2 fully saturated rings. The molecule has 0 bridgehead atoms. The minimum Gasteiger partial charge on any atom is -0.373 e. The number of nitrogens with zero attached hydrogens (tertiary/aromatic N) is 2. The highest BCUT2D eigenvalue weighted by molar-refractivity contribution is 5.35. The molecule has 3 rings (SSSR count). The largest absolute Gasteiger partial charge is 0.373 e. The van der Waals surface area contributed by atoms with Gasteiger partial charge >= 0.3 is 0 Å². The van der Waals surface area contributed by atoms with E-state index in [4.69, 9.17) is 4.74 Å². The molecule has 2 unspecified atom stereocenters. The van der Waals surface area contributed by atoms with Crippen LogP contribution in [0.5, 0.6) is 0 Å². The second-order valence-corrected chi connectivity index (χ2v) is 5.35. The number of ether oxygens (including phenoxy) is 1.